The van der Waals surface area contributed by atoms with Crippen molar-refractivity contribution in [3.8, 4) is 6.07 Å². The number of hydrogen-bond donors (Lipinski definition) is 3. The first-order valence-electron chi connectivity index (χ1n) is 5.70. The Kier molecular flexibility index (Phi) is 5.83. The van der Waals surface area contributed by atoms with E-state index in [-0.39, 0.29) is 18.2 Å². The molecule has 0 radical (unpaired) electrons. The van der Waals surface area contributed by atoms with Gasteiger partial charge in [0, 0.05) is 11.4 Å². The summed E-state index contributed by atoms with van der Waals surface area (Å²) in [4.78, 5) is 12.7. The van der Waals surface area contributed by atoms with E-state index in [1.165, 1.54) is 18.7 Å². The Morgan fingerprint density at radius 1 is 1.53 bits per heavy atom. The van der Waals surface area contributed by atoms with E-state index in [0.29, 0.717) is 10.5 Å². The van der Waals surface area contributed by atoms with E-state index in [0.717, 1.165) is 0 Å². The van der Waals surface area contributed by atoms with Gasteiger partial charge in [-0.2, -0.15) is 5.26 Å². The van der Waals surface area contributed by atoms with Crippen LogP contribution in [-0.4, -0.2) is 40.6 Å². The van der Waals surface area contributed by atoms with Crippen molar-refractivity contribution in [3.05, 3.63) is 29.8 Å². The van der Waals surface area contributed by atoms with Crippen molar-refractivity contribution in [1.82, 2.24) is 5.32 Å². The standard InChI is InChI=1S/C13H16N2O3S/c1-13(18,9-16)8-15-12(17)10-4-2-3-5-11(10)19-7-6-14/h2-5,16,18H,7-9H2,1H3,(H,15,17). The zero-order chi connectivity index (χ0) is 14.3. The van der Waals surface area contributed by atoms with Crippen LogP contribution in [0.5, 0.6) is 0 Å². The second-order valence-corrected chi connectivity index (χ2v) is 5.30. The van der Waals surface area contributed by atoms with Crippen LogP contribution < -0.4 is 5.32 Å². The fourth-order valence-corrected chi connectivity index (χ4v) is 2.02. The second kappa shape index (κ2) is 7.14. The zero-order valence-corrected chi connectivity index (χ0v) is 11.4. The van der Waals surface area contributed by atoms with Crippen LogP contribution in [0, 0.1) is 11.3 Å². The Morgan fingerprint density at radius 2 is 2.21 bits per heavy atom. The predicted octanol–water partition coefficient (Wildman–Crippen LogP) is 0.775. The molecule has 0 saturated heterocycles. The molecule has 1 aromatic rings. The fourth-order valence-electron chi connectivity index (χ4n) is 1.31. The lowest BCUT2D eigenvalue weighted by Crippen LogP contribution is -2.43. The monoisotopic (exact) mass is 280 g/mol. The highest BCUT2D eigenvalue weighted by Crippen LogP contribution is 2.22. The molecule has 0 heterocycles. The van der Waals surface area contributed by atoms with Crippen molar-refractivity contribution >= 4 is 17.7 Å². The average molecular weight is 280 g/mol. The average Bonchev–Trinajstić information content (AvgIpc) is 2.43. The molecule has 6 heteroatoms. The minimum atomic E-state index is -1.34. The molecule has 5 nitrogen and oxygen atoms in total. The first-order valence-corrected chi connectivity index (χ1v) is 6.69. The number of nitriles is 1. The number of nitrogens with zero attached hydrogens (tertiary/aromatic N) is 1. The number of hydrogen-bond acceptors (Lipinski definition) is 5. The molecule has 1 amide bonds. The number of carbonyl (C=O) groups is 1. The molecule has 0 aromatic heterocycles. The minimum Gasteiger partial charge on any atom is -0.393 e. The van der Waals surface area contributed by atoms with Crippen LogP contribution in [0.4, 0.5) is 0 Å². The Labute approximate surface area is 116 Å². The highest BCUT2D eigenvalue weighted by molar-refractivity contribution is 7.99. The summed E-state index contributed by atoms with van der Waals surface area (Å²) in [5.74, 6) is -0.0756. The molecule has 0 spiro atoms. The highest BCUT2D eigenvalue weighted by Gasteiger charge is 2.21. The molecule has 1 aromatic carbocycles. The van der Waals surface area contributed by atoms with Crippen LogP contribution in [-0.2, 0) is 0 Å². The molecule has 1 rings (SSSR count). The van der Waals surface area contributed by atoms with Gasteiger partial charge in [-0.25, -0.2) is 0 Å². The van der Waals surface area contributed by atoms with Crippen molar-refractivity contribution < 1.29 is 15.0 Å². The van der Waals surface area contributed by atoms with Gasteiger partial charge in [0.2, 0.25) is 0 Å². The molecule has 19 heavy (non-hydrogen) atoms. The molecule has 1 atom stereocenters. The fraction of sp³-hybridized carbons (Fsp3) is 0.385. The van der Waals surface area contributed by atoms with Crippen molar-refractivity contribution in [2.45, 2.75) is 17.4 Å². The third-order valence-corrected chi connectivity index (χ3v) is 3.33. The summed E-state index contributed by atoms with van der Waals surface area (Å²) in [6.45, 7) is 0.960. The number of carbonyl (C=O) groups excluding carboxylic acids is 1. The smallest absolute Gasteiger partial charge is 0.252 e. The number of aliphatic hydroxyl groups is 2. The van der Waals surface area contributed by atoms with Gasteiger partial charge in [-0.05, 0) is 19.1 Å². The Morgan fingerprint density at radius 3 is 2.84 bits per heavy atom. The van der Waals surface area contributed by atoms with E-state index < -0.39 is 12.2 Å². The van der Waals surface area contributed by atoms with Gasteiger partial charge in [-0.1, -0.05) is 12.1 Å². The molecule has 0 aliphatic rings. The van der Waals surface area contributed by atoms with Crippen LogP contribution >= 0.6 is 11.8 Å². The summed E-state index contributed by atoms with van der Waals surface area (Å²) in [7, 11) is 0. The van der Waals surface area contributed by atoms with Crippen molar-refractivity contribution in [2.75, 3.05) is 18.9 Å². The summed E-state index contributed by atoms with van der Waals surface area (Å²) in [5.41, 5.74) is -0.888. The normalized spacial score (nSPS) is 13.4. The SMILES string of the molecule is CC(O)(CO)CNC(=O)c1ccccc1SCC#N. The Bertz CT molecular complexity index is 483. The van der Waals surface area contributed by atoms with Gasteiger partial charge in [-0.15, -0.1) is 11.8 Å². The summed E-state index contributed by atoms with van der Waals surface area (Å²) >= 11 is 1.28. The largest absolute Gasteiger partial charge is 0.393 e. The molecule has 0 aliphatic carbocycles. The molecule has 0 saturated carbocycles. The Hall–Kier alpha value is -1.55. The minimum absolute atomic E-state index is 0.0421. The number of nitrogens with one attached hydrogen (secondary N) is 1. The van der Waals surface area contributed by atoms with Crippen LogP contribution in [0.3, 0.4) is 0 Å². The van der Waals surface area contributed by atoms with Gasteiger partial charge in [0.15, 0.2) is 0 Å². The van der Waals surface area contributed by atoms with Crippen molar-refractivity contribution in [1.29, 1.82) is 5.26 Å². The van der Waals surface area contributed by atoms with E-state index in [9.17, 15) is 9.90 Å². The lowest BCUT2D eigenvalue weighted by Gasteiger charge is -2.20. The summed E-state index contributed by atoms with van der Waals surface area (Å²) in [6.07, 6.45) is 0. The zero-order valence-electron chi connectivity index (χ0n) is 10.6. The van der Waals surface area contributed by atoms with E-state index in [4.69, 9.17) is 10.4 Å². The van der Waals surface area contributed by atoms with Gasteiger partial charge in [0.25, 0.3) is 5.91 Å². The summed E-state index contributed by atoms with van der Waals surface area (Å²) < 4.78 is 0. The predicted molar refractivity (Wildman–Crippen MR) is 72.8 cm³/mol. The molecule has 1 unspecified atom stereocenters. The van der Waals surface area contributed by atoms with E-state index in [1.54, 1.807) is 24.3 Å². The summed E-state index contributed by atoms with van der Waals surface area (Å²) in [6, 6.07) is 8.95. The molecule has 3 N–H and O–H groups in total. The highest BCUT2D eigenvalue weighted by atomic mass is 32.2. The maximum Gasteiger partial charge on any atom is 0.252 e. The third-order valence-electron chi connectivity index (χ3n) is 2.39. The topological polar surface area (TPSA) is 93.3 Å². The molecule has 0 aliphatic heterocycles. The van der Waals surface area contributed by atoms with Crippen molar-refractivity contribution in [2.24, 2.45) is 0 Å². The van der Waals surface area contributed by atoms with Gasteiger partial charge >= 0.3 is 0 Å². The van der Waals surface area contributed by atoms with Gasteiger partial charge in [-0.3, -0.25) is 4.79 Å². The van der Waals surface area contributed by atoms with Gasteiger partial charge in [0.05, 0.1) is 24.0 Å². The molecule has 0 bridgehead atoms. The molecular weight excluding hydrogens is 264 g/mol. The molecule has 102 valence electrons. The van der Waals surface area contributed by atoms with Crippen LogP contribution in [0.25, 0.3) is 0 Å². The number of amides is 1. The van der Waals surface area contributed by atoms with E-state index in [1.807, 2.05) is 6.07 Å². The number of thioether (sulfide) groups is 1. The van der Waals surface area contributed by atoms with Crippen LogP contribution in [0.1, 0.15) is 17.3 Å². The third kappa shape index (κ3) is 4.91. The first-order chi connectivity index (χ1) is 9.00. The van der Waals surface area contributed by atoms with Crippen LogP contribution in [0.15, 0.2) is 29.2 Å². The quantitative estimate of drug-likeness (QED) is 0.669. The summed E-state index contributed by atoms with van der Waals surface area (Å²) in [5, 5.41) is 29.7. The number of aliphatic hydroxyl groups excluding tert-OH is 1. The molecule has 0 fully saturated rings. The van der Waals surface area contributed by atoms with Crippen LogP contribution in [0.2, 0.25) is 0 Å². The first kappa shape index (κ1) is 15.5. The Balaban J connectivity index is 2.74. The van der Waals surface area contributed by atoms with E-state index >= 15 is 0 Å². The van der Waals surface area contributed by atoms with Crippen molar-refractivity contribution in [3.63, 3.8) is 0 Å². The molecular formula is C13H16N2O3S. The van der Waals surface area contributed by atoms with Gasteiger partial charge < -0.3 is 15.5 Å². The maximum absolute atomic E-state index is 12.0. The van der Waals surface area contributed by atoms with Gasteiger partial charge in [0.1, 0.15) is 5.60 Å². The lowest BCUT2D eigenvalue weighted by atomic mass is 10.1. The second-order valence-electron chi connectivity index (χ2n) is 4.28. The van der Waals surface area contributed by atoms with E-state index in [2.05, 4.69) is 5.32 Å². The maximum atomic E-state index is 12.0. The lowest BCUT2D eigenvalue weighted by molar-refractivity contribution is 0.00318. The number of rotatable bonds is 6. The number of benzene rings is 1.